The summed E-state index contributed by atoms with van der Waals surface area (Å²) >= 11 is 1.62. The standard InChI is InChI=1S/C10H9N3S/c11-4-1-2-9-7-14-10(13-9)8-3-5-12-6-8/h3,5-7,12H,1-2H2. The highest BCUT2D eigenvalue weighted by atomic mass is 32.1. The Morgan fingerprint density at radius 1 is 1.57 bits per heavy atom. The van der Waals surface area contributed by atoms with Crippen molar-refractivity contribution in [2.24, 2.45) is 0 Å². The molecule has 0 amide bonds. The lowest BCUT2D eigenvalue weighted by atomic mass is 10.3. The number of aryl methyl sites for hydroxylation is 1. The lowest BCUT2D eigenvalue weighted by Crippen LogP contribution is -1.83. The van der Waals surface area contributed by atoms with Gasteiger partial charge in [-0.1, -0.05) is 0 Å². The first kappa shape index (κ1) is 8.97. The van der Waals surface area contributed by atoms with Gasteiger partial charge >= 0.3 is 0 Å². The zero-order chi connectivity index (χ0) is 9.80. The summed E-state index contributed by atoms with van der Waals surface area (Å²) in [6, 6.07) is 4.11. The average Bonchev–Trinajstić information content (AvgIpc) is 2.85. The van der Waals surface area contributed by atoms with Crippen LogP contribution in [0.4, 0.5) is 0 Å². The predicted octanol–water partition coefficient (Wildman–Crippen LogP) is 2.59. The molecule has 0 unspecified atom stereocenters. The summed E-state index contributed by atoms with van der Waals surface area (Å²) in [6.07, 6.45) is 5.09. The van der Waals surface area contributed by atoms with E-state index in [4.69, 9.17) is 5.26 Å². The molecular weight excluding hydrogens is 194 g/mol. The topological polar surface area (TPSA) is 52.5 Å². The van der Waals surface area contributed by atoms with E-state index in [9.17, 15) is 0 Å². The molecule has 0 bridgehead atoms. The monoisotopic (exact) mass is 203 g/mol. The van der Waals surface area contributed by atoms with Crippen molar-refractivity contribution in [1.82, 2.24) is 9.97 Å². The molecule has 0 saturated carbocycles. The molecule has 0 spiro atoms. The Bertz CT molecular complexity index is 436. The fourth-order valence-corrected chi connectivity index (χ4v) is 2.05. The molecule has 2 aromatic rings. The Hall–Kier alpha value is -1.60. The highest BCUT2D eigenvalue weighted by molar-refractivity contribution is 7.13. The smallest absolute Gasteiger partial charge is 0.125 e. The Morgan fingerprint density at radius 3 is 3.21 bits per heavy atom. The van der Waals surface area contributed by atoms with Crippen LogP contribution < -0.4 is 0 Å². The Kier molecular flexibility index (Phi) is 2.61. The van der Waals surface area contributed by atoms with E-state index in [1.807, 2.05) is 23.8 Å². The highest BCUT2D eigenvalue weighted by Crippen LogP contribution is 2.23. The quantitative estimate of drug-likeness (QED) is 0.833. The van der Waals surface area contributed by atoms with Crippen LogP contribution in [0.2, 0.25) is 0 Å². The minimum absolute atomic E-state index is 0.538. The maximum atomic E-state index is 8.44. The predicted molar refractivity (Wildman–Crippen MR) is 55.8 cm³/mol. The van der Waals surface area contributed by atoms with Gasteiger partial charge in [-0.3, -0.25) is 0 Å². The third-order valence-corrected chi connectivity index (χ3v) is 2.83. The molecule has 3 nitrogen and oxygen atoms in total. The fraction of sp³-hybridized carbons (Fsp3) is 0.200. The van der Waals surface area contributed by atoms with Gasteiger partial charge in [-0.25, -0.2) is 4.98 Å². The number of H-pyrrole nitrogens is 1. The largest absolute Gasteiger partial charge is 0.367 e. The zero-order valence-corrected chi connectivity index (χ0v) is 8.34. The van der Waals surface area contributed by atoms with Crippen LogP contribution >= 0.6 is 11.3 Å². The molecule has 2 rings (SSSR count). The lowest BCUT2D eigenvalue weighted by molar-refractivity contribution is 0.969. The molecular formula is C10H9N3S. The summed E-state index contributed by atoms with van der Waals surface area (Å²) < 4.78 is 0. The number of nitriles is 1. The van der Waals surface area contributed by atoms with Crippen LogP contribution in [-0.2, 0) is 6.42 Å². The third kappa shape index (κ3) is 1.83. The van der Waals surface area contributed by atoms with Crippen LogP contribution in [0.3, 0.4) is 0 Å². The second kappa shape index (κ2) is 4.07. The SMILES string of the molecule is N#CCCc1csc(-c2cc[nH]c2)n1. The number of rotatable bonds is 3. The number of hydrogen-bond acceptors (Lipinski definition) is 3. The maximum Gasteiger partial charge on any atom is 0.125 e. The molecule has 0 aromatic carbocycles. The van der Waals surface area contributed by atoms with Gasteiger partial charge < -0.3 is 4.98 Å². The molecule has 0 aliphatic heterocycles. The number of aromatic amines is 1. The third-order valence-electron chi connectivity index (χ3n) is 1.89. The first-order valence-electron chi connectivity index (χ1n) is 4.34. The van der Waals surface area contributed by atoms with E-state index >= 15 is 0 Å². The van der Waals surface area contributed by atoms with Crippen LogP contribution in [-0.4, -0.2) is 9.97 Å². The number of aromatic nitrogens is 2. The van der Waals surface area contributed by atoms with Crippen LogP contribution in [0.15, 0.2) is 23.8 Å². The normalized spacial score (nSPS) is 9.93. The lowest BCUT2D eigenvalue weighted by Gasteiger charge is -1.88. The van der Waals surface area contributed by atoms with Crippen molar-refractivity contribution < 1.29 is 0 Å². The summed E-state index contributed by atoms with van der Waals surface area (Å²) in [5, 5.41) is 11.5. The molecule has 2 heterocycles. The van der Waals surface area contributed by atoms with Crippen molar-refractivity contribution >= 4 is 11.3 Å². The van der Waals surface area contributed by atoms with Crippen molar-refractivity contribution in [3.8, 4) is 16.6 Å². The van der Waals surface area contributed by atoms with Gasteiger partial charge in [-0.15, -0.1) is 11.3 Å². The number of nitrogens with zero attached hydrogens (tertiary/aromatic N) is 2. The molecule has 2 aromatic heterocycles. The molecule has 1 N–H and O–H groups in total. The summed E-state index contributed by atoms with van der Waals surface area (Å²) in [4.78, 5) is 7.43. The van der Waals surface area contributed by atoms with Crippen molar-refractivity contribution in [3.05, 3.63) is 29.5 Å². The molecule has 0 atom stereocenters. The molecule has 0 radical (unpaired) electrons. The van der Waals surface area contributed by atoms with Crippen LogP contribution in [0.1, 0.15) is 12.1 Å². The number of hydrogen-bond donors (Lipinski definition) is 1. The summed E-state index contributed by atoms with van der Waals surface area (Å²) in [7, 11) is 0. The Balaban J connectivity index is 2.15. The van der Waals surface area contributed by atoms with E-state index in [-0.39, 0.29) is 0 Å². The average molecular weight is 203 g/mol. The van der Waals surface area contributed by atoms with Crippen LogP contribution in [0.5, 0.6) is 0 Å². The van der Waals surface area contributed by atoms with Gasteiger partial charge in [0.1, 0.15) is 5.01 Å². The van der Waals surface area contributed by atoms with Gasteiger partial charge in [0.2, 0.25) is 0 Å². The first-order valence-corrected chi connectivity index (χ1v) is 5.22. The van der Waals surface area contributed by atoms with Crippen LogP contribution in [0, 0.1) is 11.3 Å². The van der Waals surface area contributed by atoms with Crippen molar-refractivity contribution in [2.45, 2.75) is 12.8 Å². The van der Waals surface area contributed by atoms with Crippen molar-refractivity contribution in [2.75, 3.05) is 0 Å². The molecule has 14 heavy (non-hydrogen) atoms. The Morgan fingerprint density at radius 2 is 2.50 bits per heavy atom. The second-order valence-electron chi connectivity index (χ2n) is 2.90. The summed E-state index contributed by atoms with van der Waals surface area (Å²) in [5.74, 6) is 0. The molecule has 0 saturated heterocycles. The van der Waals surface area contributed by atoms with Crippen LogP contribution in [0.25, 0.3) is 10.6 Å². The maximum absolute atomic E-state index is 8.44. The highest BCUT2D eigenvalue weighted by Gasteiger charge is 2.04. The molecule has 4 heteroatoms. The molecule has 70 valence electrons. The molecule has 0 fully saturated rings. The van der Waals surface area contributed by atoms with E-state index in [0.29, 0.717) is 6.42 Å². The van der Waals surface area contributed by atoms with E-state index in [1.54, 1.807) is 11.3 Å². The van der Waals surface area contributed by atoms with E-state index < -0.39 is 0 Å². The second-order valence-corrected chi connectivity index (χ2v) is 3.76. The minimum Gasteiger partial charge on any atom is -0.367 e. The Labute approximate surface area is 86.0 Å². The first-order chi connectivity index (χ1) is 6.90. The van der Waals surface area contributed by atoms with Gasteiger partial charge in [0.15, 0.2) is 0 Å². The molecule has 0 aliphatic carbocycles. The summed E-state index contributed by atoms with van der Waals surface area (Å²) in [6.45, 7) is 0. The zero-order valence-electron chi connectivity index (χ0n) is 7.53. The van der Waals surface area contributed by atoms with Gasteiger partial charge in [-0.2, -0.15) is 5.26 Å². The van der Waals surface area contributed by atoms with Gasteiger partial charge in [-0.05, 0) is 6.07 Å². The number of thiazole rings is 1. The van der Waals surface area contributed by atoms with Crippen molar-refractivity contribution in [1.29, 1.82) is 5.26 Å². The van der Waals surface area contributed by atoms with Gasteiger partial charge in [0.05, 0.1) is 11.8 Å². The fourth-order valence-electron chi connectivity index (χ4n) is 1.20. The van der Waals surface area contributed by atoms with Gasteiger partial charge in [0, 0.05) is 36.2 Å². The van der Waals surface area contributed by atoms with E-state index in [2.05, 4.69) is 16.0 Å². The minimum atomic E-state index is 0.538. The summed E-state index contributed by atoms with van der Waals surface area (Å²) in [5.41, 5.74) is 2.12. The molecule has 0 aliphatic rings. The van der Waals surface area contributed by atoms with E-state index in [1.165, 1.54) is 0 Å². The van der Waals surface area contributed by atoms with Gasteiger partial charge in [0.25, 0.3) is 0 Å². The van der Waals surface area contributed by atoms with Crippen molar-refractivity contribution in [3.63, 3.8) is 0 Å². The van der Waals surface area contributed by atoms with E-state index in [0.717, 1.165) is 22.7 Å². The number of nitrogens with one attached hydrogen (secondary N) is 1.